The molecule has 4 heteroatoms. The van der Waals surface area contributed by atoms with Crippen molar-refractivity contribution in [1.29, 1.82) is 0 Å². The van der Waals surface area contributed by atoms with Gasteiger partial charge in [0.2, 0.25) is 0 Å². The van der Waals surface area contributed by atoms with Gasteiger partial charge < -0.3 is 9.64 Å². The van der Waals surface area contributed by atoms with Crippen molar-refractivity contribution in [3.05, 3.63) is 0 Å². The lowest BCUT2D eigenvalue weighted by Crippen LogP contribution is -2.12. The number of hydrogen-bond donors (Lipinski definition) is 0. The third kappa shape index (κ3) is 6.83. The molecule has 0 spiro atoms. The zero-order valence-electron chi connectivity index (χ0n) is 7.20. The molecule has 0 amide bonds. The SMILES string of the molecule is CCOC(=O)CN=CN(C)C. The molecule has 0 aliphatic carbocycles. The predicted octanol–water partition coefficient (Wildman–Crippen LogP) is 0.139. The molecule has 0 atom stereocenters. The summed E-state index contributed by atoms with van der Waals surface area (Å²) in [6, 6.07) is 0. The van der Waals surface area contributed by atoms with Crippen LogP contribution in [0.25, 0.3) is 0 Å². The summed E-state index contributed by atoms with van der Waals surface area (Å²) in [5.41, 5.74) is 0. The highest BCUT2D eigenvalue weighted by Crippen LogP contribution is 1.78. The smallest absolute Gasteiger partial charge is 0.327 e. The number of esters is 1. The lowest BCUT2D eigenvalue weighted by molar-refractivity contribution is -0.141. The van der Waals surface area contributed by atoms with E-state index >= 15 is 0 Å². The summed E-state index contributed by atoms with van der Waals surface area (Å²) in [7, 11) is 3.68. The molecule has 0 fully saturated rings. The van der Waals surface area contributed by atoms with Gasteiger partial charge in [-0.3, -0.25) is 9.79 Å². The third-order valence-electron chi connectivity index (χ3n) is 0.838. The number of carbonyl (C=O) groups excluding carboxylic acids is 1. The molecule has 0 saturated carbocycles. The molecule has 0 radical (unpaired) electrons. The molecular formula is C7H14N2O2. The van der Waals surface area contributed by atoms with Gasteiger partial charge in [0.05, 0.1) is 12.9 Å². The van der Waals surface area contributed by atoms with Gasteiger partial charge in [0, 0.05) is 14.1 Å². The predicted molar refractivity (Wildman–Crippen MR) is 43.7 cm³/mol. The molecule has 0 rings (SSSR count). The number of rotatable bonds is 4. The van der Waals surface area contributed by atoms with Gasteiger partial charge >= 0.3 is 5.97 Å². The molecule has 4 nitrogen and oxygen atoms in total. The Labute approximate surface area is 66.9 Å². The largest absolute Gasteiger partial charge is 0.465 e. The molecule has 0 unspecified atom stereocenters. The first-order valence-corrected chi connectivity index (χ1v) is 3.48. The molecule has 0 aromatic heterocycles. The van der Waals surface area contributed by atoms with Gasteiger partial charge in [-0.2, -0.15) is 0 Å². The molecule has 0 heterocycles. The summed E-state index contributed by atoms with van der Waals surface area (Å²) in [5, 5.41) is 0. The lowest BCUT2D eigenvalue weighted by Gasteiger charge is -2.01. The summed E-state index contributed by atoms with van der Waals surface area (Å²) in [6.45, 7) is 2.29. The third-order valence-corrected chi connectivity index (χ3v) is 0.838. The van der Waals surface area contributed by atoms with Crippen LogP contribution in [0.5, 0.6) is 0 Å². The quantitative estimate of drug-likeness (QED) is 0.332. The molecule has 11 heavy (non-hydrogen) atoms. The minimum atomic E-state index is -0.286. The Morgan fingerprint density at radius 3 is 2.73 bits per heavy atom. The molecule has 64 valence electrons. The van der Waals surface area contributed by atoms with Crippen LogP contribution in [0.15, 0.2) is 4.99 Å². The van der Waals surface area contributed by atoms with Crippen LogP contribution >= 0.6 is 0 Å². The van der Waals surface area contributed by atoms with E-state index in [0.717, 1.165) is 0 Å². The maximum Gasteiger partial charge on any atom is 0.327 e. The van der Waals surface area contributed by atoms with E-state index in [1.165, 1.54) is 0 Å². The summed E-state index contributed by atoms with van der Waals surface area (Å²) in [5.74, 6) is -0.286. The van der Waals surface area contributed by atoms with E-state index in [0.29, 0.717) is 6.61 Å². The monoisotopic (exact) mass is 158 g/mol. The van der Waals surface area contributed by atoms with E-state index in [4.69, 9.17) is 0 Å². The maximum atomic E-state index is 10.7. The van der Waals surface area contributed by atoms with E-state index in [9.17, 15) is 4.79 Å². The summed E-state index contributed by atoms with van der Waals surface area (Å²) in [4.78, 5) is 16.2. The Morgan fingerprint density at radius 2 is 2.27 bits per heavy atom. The average Bonchev–Trinajstić information content (AvgIpc) is 1.87. The van der Waals surface area contributed by atoms with E-state index < -0.39 is 0 Å². The van der Waals surface area contributed by atoms with Gasteiger partial charge in [-0.25, -0.2) is 0 Å². The van der Waals surface area contributed by atoms with E-state index in [1.807, 2.05) is 14.1 Å². The zero-order chi connectivity index (χ0) is 8.69. The Morgan fingerprint density at radius 1 is 1.64 bits per heavy atom. The fourth-order valence-corrected chi connectivity index (χ4v) is 0.485. The topological polar surface area (TPSA) is 41.9 Å². The van der Waals surface area contributed by atoms with Crippen LogP contribution in [0.2, 0.25) is 0 Å². The summed E-state index contributed by atoms with van der Waals surface area (Å²) >= 11 is 0. The van der Waals surface area contributed by atoms with Crippen molar-refractivity contribution in [2.75, 3.05) is 27.2 Å². The first-order chi connectivity index (χ1) is 5.16. The fourth-order valence-electron chi connectivity index (χ4n) is 0.485. The van der Waals surface area contributed by atoms with Gasteiger partial charge in [-0.15, -0.1) is 0 Å². The molecule has 0 bridgehead atoms. The van der Waals surface area contributed by atoms with Gasteiger partial charge in [-0.05, 0) is 6.92 Å². The van der Waals surface area contributed by atoms with Crippen molar-refractivity contribution in [1.82, 2.24) is 4.90 Å². The minimum Gasteiger partial charge on any atom is -0.465 e. The number of hydrogen-bond acceptors (Lipinski definition) is 3. The maximum absolute atomic E-state index is 10.7. The van der Waals surface area contributed by atoms with Crippen LogP contribution in [0, 0.1) is 0 Å². The first-order valence-electron chi connectivity index (χ1n) is 3.48. The Balaban J connectivity index is 3.45. The van der Waals surface area contributed by atoms with Crippen molar-refractivity contribution >= 4 is 12.3 Å². The van der Waals surface area contributed by atoms with Crippen LogP contribution in [0.3, 0.4) is 0 Å². The zero-order valence-corrected chi connectivity index (χ0v) is 7.20. The molecule has 0 aromatic rings. The molecule has 0 aliphatic heterocycles. The number of aliphatic imine (C=N–C) groups is 1. The van der Waals surface area contributed by atoms with Gasteiger partial charge in [-0.1, -0.05) is 0 Å². The van der Waals surface area contributed by atoms with Crippen molar-refractivity contribution in [3.8, 4) is 0 Å². The van der Waals surface area contributed by atoms with Gasteiger partial charge in [0.25, 0.3) is 0 Å². The van der Waals surface area contributed by atoms with Crippen LogP contribution in [0.1, 0.15) is 6.92 Å². The standard InChI is InChI=1S/C7H14N2O2/c1-4-11-7(10)5-8-6-9(2)3/h6H,4-5H2,1-3H3. The van der Waals surface area contributed by atoms with Crippen molar-refractivity contribution in [3.63, 3.8) is 0 Å². The van der Waals surface area contributed by atoms with Gasteiger partial charge in [0.15, 0.2) is 0 Å². The molecule has 0 aromatic carbocycles. The second-order valence-corrected chi connectivity index (χ2v) is 2.22. The summed E-state index contributed by atoms with van der Waals surface area (Å²) < 4.78 is 4.65. The summed E-state index contributed by atoms with van der Waals surface area (Å²) in [6.07, 6.45) is 1.58. The molecule has 0 N–H and O–H groups in total. The molecule has 0 saturated heterocycles. The number of nitrogens with zero attached hydrogens (tertiary/aromatic N) is 2. The second kappa shape index (κ2) is 5.70. The highest BCUT2D eigenvalue weighted by atomic mass is 16.5. The Hall–Kier alpha value is -1.06. The van der Waals surface area contributed by atoms with E-state index in [1.54, 1.807) is 18.2 Å². The number of carbonyl (C=O) groups is 1. The Kier molecular flexibility index (Phi) is 5.15. The van der Waals surface area contributed by atoms with Crippen molar-refractivity contribution in [2.24, 2.45) is 4.99 Å². The van der Waals surface area contributed by atoms with Crippen LogP contribution in [-0.4, -0.2) is 44.5 Å². The second-order valence-electron chi connectivity index (χ2n) is 2.22. The minimum absolute atomic E-state index is 0.103. The van der Waals surface area contributed by atoms with Crippen LogP contribution in [0.4, 0.5) is 0 Å². The highest BCUT2D eigenvalue weighted by molar-refractivity contribution is 5.73. The average molecular weight is 158 g/mol. The van der Waals surface area contributed by atoms with Gasteiger partial charge in [0.1, 0.15) is 6.54 Å². The Bertz CT molecular complexity index is 143. The highest BCUT2D eigenvalue weighted by Gasteiger charge is 1.96. The fraction of sp³-hybridized carbons (Fsp3) is 0.714. The van der Waals surface area contributed by atoms with Crippen LogP contribution < -0.4 is 0 Å². The van der Waals surface area contributed by atoms with E-state index in [-0.39, 0.29) is 12.5 Å². The van der Waals surface area contributed by atoms with Crippen molar-refractivity contribution in [2.45, 2.75) is 6.92 Å². The number of ether oxygens (including phenoxy) is 1. The molecule has 0 aliphatic rings. The van der Waals surface area contributed by atoms with Crippen LogP contribution in [-0.2, 0) is 9.53 Å². The van der Waals surface area contributed by atoms with Crippen molar-refractivity contribution < 1.29 is 9.53 Å². The lowest BCUT2D eigenvalue weighted by atomic mass is 10.7. The van der Waals surface area contributed by atoms with E-state index in [2.05, 4.69) is 9.73 Å². The molecular weight excluding hydrogens is 144 g/mol. The first kappa shape index (κ1) is 9.94. The normalized spacial score (nSPS) is 10.1.